The van der Waals surface area contributed by atoms with E-state index in [1.807, 2.05) is 18.2 Å². The van der Waals surface area contributed by atoms with Gasteiger partial charge in [-0.2, -0.15) is 4.99 Å². The van der Waals surface area contributed by atoms with E-state index in [4.69, 9.17) is 0 Å². The summed E-state index contributed by atoms with van der Waals surface area (Å²) in [6.07, 6.45) is 0. The van der Waals surface area contributed by atoms with E-state index in [1.54, 1.807) is 19.2 Å². The molecule has 2 amide bonds. The molecular formula is C10H8N2O2. The minimum atomic E-state index is -0.702. The first kappa shape index (κ1) is 8.62. The highest BCUT2D eigenvalue weighted by atomic mass is 16.2. The normalized spacial score (nSPS) is 16.1. The Morgan fingerprint density at radius 2 is 1.79 bits per heavy atom. The molecule has 4 nitrogen and oxygen atoms in total. The van der Waals surface area contributed by atoms with Gasteiger partial charge in [0, 0.05) is 12.6 Å². The topological polar surface area (TPSA) is 49.7 Å². The number of rotatable bonds is 1. The zero-order valence-electron chi connectivity index (χ0n) is 7.60. The summed E-state index contributed by atoms with van der Waals surface area (Å²) in [5.74, 6) is -0.865. The van der Waals surface area contributed by atoms with Crippen LogP contribution in [0.4, 0.5) is 0 Å². The summed E-state index contributed by atoms with van der Waals surface area (Å²) in [6.45, 7) is 0. The molecule has 1 aliphatic heterocycles. The van der Waals surface area contributed by atoms with Crippen molar-refractivity contribution in [1.29, 1.82) is 0 Å². The SMILES string of the molecule is CN1C(=O)C(=O)N=C1c1ccccc1. The van der Waals surface area contributed by atoms with Gasteiger partial charge in [0.1, 0.15) is 5.84 Å². The van der Waals surface area contributed by atoms with Crippen LogP contribution in [0.5, 0.6) is 0 Å². The summed E-state index contributed by atoms with van der Waals surface area (Å²) in [6, 6.07) is 9.14. The van der Waals surface area contributed by atoms with Gasteiger partial charge >= 0.3 is 11.8 Å². The Balaban J connectivity index is 2.43. The van der Waals surface area contributed by atoms with E-state index in [1.165, 1.54) is 4.90 Å². The monoisotopic (exact) mass is 188 g/mol. The lowest BCUT2D eigenvalue weighted by molar-refractivity contribution is -0.139. The summed E-state index contributed by atoms with van der Waals surface area (Å²) >= 11 is 0. The number of likely N-dealkylation sites (N-methyl/N-ethyl adjacent to an activating group) is 1. The molecule has 1 aliphatic rings. The zero-order valence-corrected chi connectivity index (χ0v) is 7.60. The molecule has 0 saturated carbocycles. The molecule has 0 radical (unpaired) electrons. The fourth-order valence-corrected chi connectivity index (χ4v) is 1.30. The molecule has 0 N–H and O–H groups in total. The van der Waals surface area contributed by atoms with Crippen LogP contribution < -0.4 is 0 Å². The Morgan fingerprint density at radius 1 is 1.14 bits per heavy atom. The maximum Gasteiger partial charge on any atom is 0.337 e. The number of carbonyl (C=O) groups excluding carboxylic acids is 2. The highest BCUT2D eigenvalue weighted by molar-refractivity contribution is 6.45. The lowest BCUT2D eigenvalue weighted by atomic mass is 10.2. The van der Waals surface area contributed by atoms with Crippen LogP contribution >= 0.6 is 0 Å². The first-order valence-corrected chi connectivity index (χ1v) is 4.16. The molecule has 70 valence electrons. The first-order chi connectivity index (χ1) is 6.70. The summed E-state index contributed by atoms with van der Waals surface area (Å²) in [5.41, 5.74) is 0.772. The van der Waals surface area contributed by atoms with Crippen LogP contribution in [0.3, 0.4) is 0 Å². The minimum Gasteiger partial charge on any atom is -0.291 e. The minimum absolute atomic E-state index is 0.417. The molecule has 1 aromatic rings. The number of aliphatic imine (C=N–C) groups is 1. The van der Waals surface area contributed by atoms with Gasteiger partial charge < -0.3 is 0 Å². The van der Waals surface area contributed by atoms with Gasteiger partial charge in [-0.05, 0) is 0 Å². The van der Waals surface area contributed by atoms with E-state index < -0.39 is 11.8 Å². The molecule has 14 heavy (non-hydrogen) atoms. The Labute approximate surface area is 80.9 Å². The molecule has 0 fully saturated rings. The summed E-state index contributed by atoms with van der Waals surface area (Å²) < 4.78 is 0. The van der Waals surface area contributed by atoms with Gasteiger partial charge in [0.05, 0.1) is 0 Å². The van der Waals surface area contributed by atoms with Crippen molar-refractivity contribution in [3.63, 3.8) is 0 Å². The van der Waals surface area contributed by atoms with Gasteiger partial charge in [0.25, 0.3) is 0 Å². The van der Waals surface area contributed by atoms with E-state index in [9.17, 15) is 9.59 Å². The Morgan fingerprint density at radius 3 is 2.29 bits per heavy atom. The molecule has 0 atom stereocenters. The van der Waals surface area contributed by atoms with Crippen LogP contribution in [0.15, 0.2) is 35.3 Å². The predicted molar refractivity (Wildman–Crippen MR) is 50.8 cm³/mol. The van der Waals surface area contributed by atoms with Gasteiger partial charge in [-0.15, -0.1) is 0 Å². The van der Waals surface area contributed by atoms with Crippen LogP contribution in [0.25, 0.3) is 0 Å². The maximum absolute atomic E-state index is 11.2. The van der Waals surface area contributed by atoms with Crippen molar-refractivity contribution >= 4 is 17.6 Å². The van der Waals surface area contributed by atoms with Gasteiger partial charge in [-0.3, -0.25) is 14.5 Å². The average Bonchev–Trinajstić information content (AvgIpc) is 2.47. The van der Waals surface area contributed by atoms with E-state index in [0.29, 0.717) is 5.84 Å². The van der Waals surface area contributed by atoms with Crippen LogP contribution in [-0.2, 0) is 9.59 Å². The number of nitrogens with zero attached hydrogens (tertiary/aromatic N) is 2. The van der Waals surface area contributed by atoms with Gasteiger partial charge in [0.2, 0.25) is 0 Å². The Hall–Kier alpha value is -1.97. The highest BCUT2D eigenvalue weighted by Gasteiger charge is 2.30. The van der Waals surface area contributed by atoms with E-state index >= 15 is 0 Å². The standard InChI is InChI=1S/C10H8N2O2/c1-12-8(11-9(13)10(12)14)7-5-3-2-4-6-7/h2-6H,1H3. The molecule has 0 saturated heterocycles. The Bertz CT molecular complexity index is 423. The van der Waals surface area contributed by atoms with Crippen molar-refractivity contribution in [1.82, 2.24) is 4.90 Å². The van der Waals surface area contributed by atoms with E-state index in [0.717, 1.165) is 5.56 Å². The molecule has 2 rings (SSSR count). The largest absolute Gasteiger partial charge is 0.337 e. The fourth-order valence-electron chi connectivity index (χ4n) is 1.30. The maximum atomic E-state index is 11.2. The van der Waals surface area contributed by atoms with Crippen molar-refractivity contribution < 1.29 is 9.59 Å². The number of amides is 2. The van der Waals surface area contributed by atoms with Crippen molar-refractivity contribution in [2.24, 2.45) is 4.99 Å². The van der Waals surface area contributed by atoms with Crippen molar-refractivity contribution in [3.8, 4) is 0 Å². The number of hydrogen-bond acceptors (Lipinski definition) is 2. The van der Waals surface area contributed by atoms with Crippen LogP contribution in [-0.4, -0.2) is 29.6 Å². The zero-order chi connectivity index (χ0) is 10.1. The van der Waals surface area contributed by atoms with Crippen molar-refractivity contribution in [2.75, 3.05) is 7.05 Å². The Kier molecular flexibility index (Phi) is 1.89. The molecule has 0 aliphatic carbocycles. The molecule has 1 aromatic carbocycles. The first-order valence-electron chi connectivity index (χ1n) is 4.16. The van der Waals surface area contributed by atoms with Gasteiger partial charge in [-0.1, -0.05) is 30.3 Å². The van der Waals surface area contributed by atoms with Crippen LogP contribution in [0.1, 0.15) is 5.56 Å². The highest BCUT2D eigenvalue weighted by Crippen LogP contribution is 2.10. The molecule has 0 unspecified atom stereocenters. The third-order valence-electron chi connectivity index (χ3n) is 2.04. The predicted octanol–water partition coefficient (Wildman–Crippen LogP) is 0.432. The average molecular weight is 188 g/mol. The smallest absolute Gasteiger partial charge is 0.291 e. The fraction of sp³-hybridized carbons (Fsp3) is 0.100. The second kappa shape index (κ2) is 3.06. The number of amidine groups is 1. The molecule has 4 heteroatoms. The van der Waals surface area contributed by atoms with Crippen LogP contribution in [0, 0.1) is 0 Å². The van der Waals surface area contributed by atoms with Gasteiger partial charge in [-0.25, -0.2) is 0 Å². The second-order valence-corrected chi connectivity index (χ2v) is 2.97. The van der Waals surface area contributed by atoms with Crippen LogP contribution in [0.2, 0.25) is 0 Å². The molecule has 0 aromatic heterocycles. The molecule has 0 spiro atoms. The van der Waals surface area contributed by atoms with Gasteiger partial charge in [0.15, 0.2) is 0 Å². The molecule has 0 bridgehead atoms. The summed E-state index contributed by atoms with van der Waals surface area (Å²) in [4.78, 5) is 27.1. The second-order valence-electron chi connectivity index (χ2n) is 2.97. The lowest BCUT2D eigenvalue weighted by Crippen LogP contribution is -2.30. The van der Waals surface area contributed by atoms with Crippen molar-refractivity contribution in [2.45, 2.75) is 0 Å². The summed E-state index contributed by atoms with van der Waals surface area (Å²) in [5, 5.41) is 0. The number of benzene rings is 1. The summed E-state index contributed by atoms with van der Waals surface area (Å²) in [7, 11) is 1.54. The molecule has 1 heterocycles. The quantitative estimate of drug-likeness (QED) is 0.600. The molecular weight excluding hydrogens is 180 g/mol. The van der Waals surface area contributed by atoms with Crippen molar-refractivity contribution in [3.05, 3.63) is 35.9 Å². The third kappa shape index (κ3) is 1.21. The van der Waals surface area contributed by atoms with E-state index in [2.05, 4.69) is 4.99 Å². The number of carbonyl (C=O) groups is 2. The third-order valence-corrected chi connectivity index (χ3v) is 2.04. The lowest BCUT2D eigenvalue weighted by Gasteiger charge is -2.09. The van der Waals surface area contributed by atoms with E-state index in [-0.39, 0.29) is 0 Å². The number of hydrogen-bond donors (Lipinski definition) is 0.